The summed E-state index contributed by atoms with van der Waals surface area (Å²) in [5.74, 6) is -1.51. The minimum Gasteiger partial charge on any atom is -0.359 e. The number of hydrogen-bond donors (Lipinski definition) is 0. The third-order valence-electron chi connectivity index (χ3n) is 5.33. The molecule has 0 amide bonds. The van der Waals surface area contributed by atoms with Crippen LogP contribution in [0.4, 0.5) is 0 Å². The standard InChI is InChI=1S/C12H9N5O6/c18-15-9-7-5-1-3-6(4-2-5)12(7,17(20)21)11-10(8(9)13-22-15)16(19)23-14-11/h1,3,5-7H,2,4H2/t5-,6+,7-,12+/m1/s1. The first kappa shape index (κ1) is 12.6. The third kappa shape index (κ3) is 1.16. The van der Waals surface area contributed by atoms with E-state index in [2.05, 4.69) is 19.6 Å². The molecule has 11 heteroatoms. The van der Waals surface area contributed by atoms with Crippen LogP contribution >= 0.6 is 0 Å². The Kier molecular flexibility index (Phi) is 2.00. The molecular formula is C12H9N5O6. The average molecular weight is 319 g/mol. The Labute approximate surface area is 127 Å². The summed E-state index contributed by atoms with van der Waals surface area (Å²) >= 11 is 0. The molecule has 0 radical (unpaired) electrons. The molecule has 2 aromatic heterocycles. The molecule has 4 atom stereocenters. The lowest BCUT2D eigenvalue weighted by atomic mass is 9.53. The van der Waals surface area contributed by atoms with E-state index in [0.29, 0.717) is 12.8 Å². The number of rotatable bonds is 1. The Morgan fingerprint density at radius 2 is 2.00 bits per heavy atom. The molecule has 23 heavy (non-hydrogen) atoms. The molecule has 11 nitrogen and oxygen atoms in total. The van der Waals surface area contributed by atoms with Gasteiger partial charge in [-0.25, -0.2) is 0 Å². The summed E-state index contributed by atoms with van der Waals surface area (Å²) < 4.78 is 9.23. The summed E-state index contributed by atoms with van der Waals surface area (Å²) in [5, 5.41) is 43.4. The SMILES string of the molecule is O=[N+]([O-])[C@]12c3no[n+]([O-])c3-c3no[n+]([O-])c3[C@H]1[C@@H]1C=C[C@H]2CC1. The summed E-state index contributed by atoms with van der Waals surface area (Å²) in [7, 11) is 0. The van der Waals surface area contributed by atoms with Crippen LogP contribution < -0.4 is 9.81 Å². The Hall–Kier alpha value is -2.98. The second-order valence-electron chi connectivity index (χ2n) is 6.08. The zero-order valence-electron chi connectivity index (χ0n) is 11.5. The molecule has 2 aromatic rings. The van der Waals surface area contributed by atoms with Crippen LogP contribution in [0.25, 0.3) is 11.4 Å². The highest BCUT2D eigenvalue weighted by Gasteiger charge is 2.74. The van der Waals surface area contributed by atoms with Crippen molar-refractivity contribution >= 4 is 0 Å². The van der Waals surface area contributed by atoms with Gasteiger partial charge in [0, 0.05) is 10.1 Å². The van der Waals surface area contributed by atoms with E-state index in [4.69, 9.17) is 0 Å². The van der Waals surface area contributed by atoms with E-state index in [0.717, 1.165) is 0 Å². The fourth-order valence-electron chi connectivity index (χ4n) is 4.50. The van der Waals surface area contributed by atoms with Crippen molar-refractivity contribution in [1.29, 1.82) is 0 Å². The van der Waals surface area contributed by atoms with Crippen LogP contribution in [0.15, 0.2) is 21.4 Å². The van der Waals surface area contributed by atoms with Crippen LogP contribution in [-0.4, -0.2) is 15.2 Å². The summed E-state index contributed by atoms with van der Waals surface area (Å²) in [6, 6.07) is 0. The van der Waals surface area contributed by atoms with E-state index >= 15 is 0 Å². The van der Waals surface area contributed by atoms with Gasteiger partial charge in [0.25, 0.3) is 11.4 Å². The van der Waals surface area contributed by atoms with Crippen molar-refractivity contribution < 1.29 is 24.0 Å². The second-order valence-corrected chi connectivity index (χ2v) is 6.08. The van der Waals surface area contributed by atoms with E-state index < -0.39 is 22.3 Å². The van der Waals surface area contributed by atoms with E-state index in [1.165, 1.54) is 0 Å². The van der Waals surface area contributed by atoms with Gasteiger partial charge in [0.2, 0.25) is 5.69 Å². The van der Waals surface area contributed by atoms with Crippen LogP contribution in [0.1, 0.15) is 30.1 Å². The minimum atomic E-state index is -1.71. The smallest absolute Gasteiger partial charge is 0.310 e. The molecule has 2 heterocycles. The van der Waals surface area contributed by atoms with Gasteiger partial charge in [-0.1, -0.05) is 12.2 Å². The van der Waals surface area contributed by atoms with Crippen molar-refractivity contribution in [3.05, 3.63) is 44.1 Å². The summed E-state index contributed by atoms with van der Waals surface area (Å²) in [5.41, 5.74) is -2.04. The van der Waals surface area contributed by atoms with Gasteiger partial charge in [-0.2, -0.15) is 0 Å². The first-order chi connectivity index (χ1) is 11.1. The van der Waals surface area contributed by atoms with Crippen LogP contribution in [0, 0.1) is 32.4 Å². The van der Waals surface area contributed by atoms with Crippen LogP contribution in [0.3, 0.4) is 0 Å². The molecule has 0 spiro atoms. The molecule has 1 fully saturated rings. The van der Waals surface area contributed by atoms with Gasteiger partial charge in [0.05, 0.1) is 11.1 Å². The van der Waals surface area contributed by atoms with Gasteiger partial charge >= 0.3 is 11.2 Å². The quantitative estimate of drug-likeness (QED) is 0.302. The van der Waals surface area contributed by atoms with Gasteiger partial charge < -0.3 is 10.4 Å². The zero-order valence-corrected chi connectivity index (χ0v) is 11.5. The predicted molar refractivity (Wildman–Crippen MR) is 66.7 cm³/mol. The Morgan fingerprint density at radius 1 is 1.22 bits per heavy atom. The van der Waals surface area contributed by atoms with Gasteiger partial charge in [0.15, 0.2) is 0 Å². The molecule has 0 aliphatic heterocycles. The zero-order chi connectivity index (χ0) is 15.9. The maximum absolute atomic E-state index is 12.1. The van der Waals surface area contributed by atoms with Crippen molar-refractivity contribution in [3.8, 4) is 11.4 Å². The van der Waals surface area contributed by atoms with Crippen LogP contribution in [0.5, 0.6) is 0 Å². The van der Waals surface area contributed by atoms with E-state index in [1.807, 2.05) is 6.08 Å². The van der Waals surface area contributed by atoms with E-state index in [1.54, 1.807) is 6.08 Å². The summed E-state index contributed by atoms with van der Waals surface area (Å²) in [6.45, 7) is 0. The van der Waals surface area contributed by atoms with Crippen molar-refractivity contribution in [2.24, 2.45) is 11.8 Å². The summed E-state index contributed by atoms with van der Waals surface area (Å²) in [6.07, 6.45) is 4.93. The maximum atomic E-state index is 12.1. The predicted octanol–water partition coefficient (Wildman–Crippen LogP) is -0.238. The Morgan fingerprint density at radius 3 is 2.70 bits per heavy atom. The molecule has 0 aromatic carbocycles. The molecule has 118 valence electrons. The fourth-order valence-corrected chi connectivity index (χ4v) is 4.50. The lowest BCUT2D eigenvalue weighted by Gasteiger charge is -2.45. The van der Waals surface area contributed by atoms with Gasteiger partial charge in [0.1, 0.15) is 5.92 Å². The highest BCUT2D eigenvalue weighted by atomic mass is 16.8. The number of aromatic nitrogens is 4. The molecule has 0 saturated heterocycles. The first-order valence-electron chi connectivity index (χ1n) is 7.09. The van der Waals surface area contributed by atoms with E-state index in [-0.39, 0.29) is 38.5 Å². The lowest BCUT2D eigenvalue weighted by Crippen LogP contribution is -2.58. The van der Waals surface area contributed by atoms with Gasteiger partial charge in [-0.05, 0) is 28.6 Å². The van der Waals surface area contributed by atoms with Gasteiger partial charge in [-0.3, -0.25) is 19.4 Å². The minimum absolute atomic E-state index is 0.000972. The lowest BCUT2D eigenvalue weighted by molar-refractivity contribution is -0.811. The largest absolute Gasteiger partial charge is 0.359 e. The molecule has 0 unspecified atom stereocenters. The van der Waals surface area contributed by atoms with Crippen molar-refractivity contribution in [2.75, 3.05) is 0 Å². The number of allylic oxidation sites excluding steroid dienone is 1. The molecule has 4 aliphatic rings. The van der Waals surface area contributed by atoms with Crippen molar-refractivity contribution in [3.63, 3.8) is 0 Å². The average Bonchev–Trinajstić information content (AvgIpc) is 3.12. The monoisotopic (exact) mass is 319 g/mol. The fraction of sp³-hybridized carbons (Fsp3) is 0.500. The van der Waals surface area contributed by atoms with Crippen LogP contribution in [0.2, 0.25) is 0 Å². The number of fused-ring (bicyclic) bond motifs is 4. The number of hydrogen-bond acceptors (Lipinski definition) is 8. The van der Waals surface area contributed by atoms with Crippen LogP contribution in [-0.2, 0) is 5.54 Å². The van der Waals surface area contributed by atoms with Gasteiger partial charge in [-0.15, -0.1) is 0 Å². The molecule has 0 N–H and O–H groups in total. The molecule has 4 aliphatic carbocycles. The molecule has 6 rings (SSSR count). The third-order valence-corrected chi connectivity index (χ3v) is 5.33. The molecular weight excluding hydrogens is 310 g/mol. The normalized spacial score (nSPS) is 33.1. The molecule has 2 bridgehead atoms. The Bertz CT molecular complexity index is 887. The van der Waals surface area contributed by atoms with E-state index in [9.17, 15) is 20.5 Å². The topological polar surface area (TPSA) is 149 Å². The van der Waals surface area contributed by atoms with Crippen molar-refractivity contribution in [1.82, 2.24) is 10.3 Å². The number of nitrogens with zero attached hydrogens (tertiary/aromatic N) is 5. The number of nitro groups is 1. The molecule has 1 saturated carbocycles. The Balaban J connectivity index is 1.95. The van der Waals surface area contributed by atoms with Crippen molar-refractivity contribution in [2.45, 2.75) is 24.3 Å². The first-order valence-corrected chi connectivity index (χ1v) is 7.09. The highest BCUT2D eigenvalue weighted by Crippen LogP contribution is 2.61. The summed E-state index contributed by atoms with van der Waals surface area (Å²) in [4.78, 5) is 11.9. The highest BCUT2D eigenvalue weighted by molar-refractivity contribution is 5.63. The maximum Gasteiger partial charge on any atom is 0.310 e. The second kappa shape index (κ2) is 3.67.